The van der Waals surface area contributed by atoms with Crippen LogP contribution >= 0.6 is 11.7 Å². The molecule has 0 amide bonds. The second kappa shape index (κ2) is 9.75. The molecule has 1 unspecified atom stereocenters. The van der Waals surface area contributed by atoms with Crippen molar-refractivity contribution < 1.29 is 23.0 Å². The average Bonchev–Trinajstić information content (AvgIpc) is 3.61. The molecule has 0 bridgehead atoms. The molecule has 10 nitrogen and oxygen atoms in total. The van der Waals surface area contributed by atoms with Crippen LogP contribution in [-0.2, 0) is 10.0 Å². The summed E-state index contributed by atoms with van der Waals surface area (Å²) in [5.41, 5.74) is 1.74. The van der Waals surface area contributed by atoms with Crippen molar-refractivity contribution >= 4 is 39.1 Å². The Morgan fingerprint density at radius 1 is 1.06 bits per heavy atom. The number of benzene rings is 2. The minimum absolute atomic E-state index is 0.0764. The zero-order valence-corrected chi connectivity index (χ0v) is 21.9. The smallest absolute Gasteiger partial charge is 0.247 e. The number of phenolic OH excluding ortho intramolecular Hbond substituents is 1. The first-order valence-corrected chi connectivity index (χ1v) is 14.0. The van der Waals surface area contributed by atoms with Gasteiger partial charge >= 0.3 is 0 Å². The third kappa shape index (κ3) is 4.56. The van der Waals surface area contributed by atoms with Crippen LogP contribution in [0, 0.1) is 12.8 Å². The highest BCUT2D eigenvalue weighted by molar-refractivity contribution is 7.89. The molecule has 1 fully saturated rings. The molecule has 1 aromatic heterocycles. The highest BCUT2D eigenvalue weighted by atomic mass is 32.2. The van der Waals surface area contributed by atoms with Gasteiger partial charge in [-0.15, -0.1) is 0 Å². The molecular formula is C24H29N5O5S2. The lowest BCUT2D eigenvalue weighted by atomic mass is 9.95. The van der Waals surface area contributed by atoms with Crippen molar-refractivity contribution in [3.63, 3.8) is 0 Å². The van der Waals surface area contributed by atoms with E-state index in [1.807, 2.05) is 18.2 Å². The summed E-state index contributed by atoms with van der Waals surface area (Å²) in [5, 5.41) is 17.6. The molecule has 3 aromatic rings. The van der Waals surface area contributed by atoms with E-state index in [1.54, 1.807) is 19.1 Å². The highest BCUT2D eigenvalue weighted by Gasteiger charge is 2.32. The van der Waals surface area contributed by atoms with Gasteiger partial charge in [-0.2, -0.15) is 13.1 Å². The Labute approximate surface area is 214 Å². The van der Waals surface area contributed by atoms with Gasteiger partial charge in [0.2, 0.25) is 16.8 Å². The molecule has 5 rings (SSSR count). The first kappa shape index (κ1) is 24.6. The molecule has 2 aromatic carbocycles. The Kier molecular flexibility index (Phi) is 6.66. The fourth-order valence-corrected chi connectivity index (χ4v) is 6.84. The van der Waals surface area contributed by atoms with Gasteiger partial charge < -0.3 is 25.2 Å². The number of ether oxygens (including phenoxy) is 2. The van der Waals surface area contributed by atoms with Crippen molar-refractivity contribution in [1.82, 2.24) is 13.1 Å². The van der Waals surface area contributed by atoms with E-state index in [1.165, 1.54) is 4.31 Å². The molecule has 0 saturated carbocycles. The number of aromatic hydroxyl groups is 1. The Morgan fingerprint density at radius 3 is 2.53 bits per heavy atom. The van der Waals surface area contributed by atoms with Gasteiger partial charge in [0.1, 0.15) is 4.90 Å². The number of hydrogen-bond donors (Lipinski definition) is 3. The Balaban J connectivity index is 1.42. The fourth-order valence-electron chi connectivity index (χ4n) is 4.54. The Hall–Kier alpha value is -3.09. The van der Waals surface area contributed by atoms with Crippen LogP contribution in [0.25, 0.3) is 0 Å². The van der Waals surface area contributed by atoms with Crippen molar-refractivity contribution in [3.8, 4) is 17.2 Å². The molecule has 3 heterocycles. The van der Waals surface area contributed by atoms with E-state index >= 15 is 0 Å². The average molecular weight is 532 g/mol. The van der Waals surface area contributed by atoms with Crippen LogP contribution in [0.4, 0.5) is 17.3 Å². The number of aryl methyl sites for hydroxylation is 1. The lowest BCUT2D eigenvalue weighted by Gasteiger charge is -2.24. The number of hydrogen-bond acceptors (Lipinski definition) is 10. The monoisotopic (exact) mass is 531 g/mol. The van der Waals surface area contributed by atoms with E-state index < -0.39 is 10.0 Å². The van der Waals surface area contributed by atoms with Gasteiger partial charge in [-0.3, -0.25) is 0 Å². The summed E-state index contributed by atoms with van der Waals surface area (Å²) in [6.45, 7) is 6.99. The summed E-state index contributed by atoms with van der Waals surface area (Å²) in [6.07, 6.45) is 1.63. The molecule has 36 heavy (non-hydrogen) atoms. The molecule has 3 N–H and O–H groups in total. The van der Waals surface area contributed by atoms with Crippen LogP contribution in [0.1, 0.15) is 43.9 Å². The molecule has 12 heteroatoms. The number of aromatic nitrogens is 2. The van der Waals surface area contributed by atoms with Crippen LogP contribution in [0.3, 0.4) is 0 Å². The SMILES string of the molecule is Cc1ccc(Nc2nsnc2NC(c2ccc3c(c2)OCO3)C(C)C)c(O)c1S(=O)(=O)N1CCCC1. The van der Waals surface area contributed by atoms with Crippen molar-refractivity contribution in [1.29, 1.82) is 0 Å². The first-order chi connectivity index (χ1) is 17.3. The molecule has 0 aliphatic carbocycles. The van der Waals surface area contributed by atoms with Crippen LogP contribution in [0.5, 0.6) is 17.2 Å². The van der Waals surface area contributed by atoms with E-state index in [4.69, 9.17) is 9.47 Å². The quantitative estimate of drug-likeness (QED) is 0.357. The van der Waals surface area contributed by atoms with Crippen LogP contribution in [-0.4, -0.2) is 46.5 Å². The standard InChI is InChI=1S/C24H29N5O5S2/c1-14(2)20(16-7-9-18-19(12-16)34-13-33-18)26-24-23(27-35-28-24)25-17-8-6-15(3)22(21(17)30)36(31,32)29-10-4-5-11-29/h6-9,12,14,20,30H,4-5,10-11,13H2,1-3H3,(H,25,27)(H,26,28). The largest absolute Gasteiger partial charge is 0.504 e. The number of phenols is 1. The van der Waals surface area contributed by atoms with Crippen LogP contribution in [0.2, 0.25) is 0 Å². The van der Waals surface area contributed by atoms with Gasteiger partial charge in [-0.05, 0) is 55.0 Å². The summed E-state index contributed by atoms with van der Waals surface area (Å²) in [7, 11) is -3.81. The molecule has 1 atom stereocenters. The maximum atomic E-state index is 13.2. The summed E-state index contributed by atoms with van der Waals surface area (Å²) >= 11 is 1.02. The number of rotatable bonds is 8. The molecule has 0 spiro atoms. The lowest BCUT2D eigenvalue weighted by molar-refractivity contribution is 0.174. The normalized spacial score (nSPS) is 16.4. The maximum absolute atomic E-state index is 13.2. The van der Waals surface area contributed by atoms with E-state index in [0.29, 0.717) is 41.8 Å². The van der Waals surface area contributed by atoms with E-state index in [2.05, 4.69) is 33.2 Å². The summed E-state index contributed by atoms with van der Waals surface area (Å²) < 4.78 is 47.6. The number of anilines is 3. The molecule has 192 valence electrons. The third-order valence-electron chi connectivity index (χ3n) is 6.45. The van der Waals surface area contributed by atoms with Gasteiger partial charge in [0.15, 0.2) is 28.9 Å². The maximum Gasteiger partial charge on any atom is 0.247 e. The molecule has 0 radical (unpaired) electrons. The fraction of sp³-hybridized carbons (Fsp3) is 0.417. The van der Waals surface area contributed by atoms with Gasteiger partial charge in [0.25, 0.3) is 0 Å². The van der Waals surface area contributed by atoms with Crippen molar-refractivity contribution in [2.45, 2.75) is 44.6 Å². The topological polar surface area (TPSA) is 126 Å². The molecule has 2 aliphatic heterocycles. The predicted molar refractivity (Wildman–Crippen MR) is 138 cm³/mol. The van der Waals surface area contributed by atoms with Gasteiger partial charge in [-0.1, -0.05) is 26.0 Å². The zero-order chi connectivity index (χ0) is 25.4. The predicted octanol–water partition coefficient (Wildman–Crippen LogP) is 4.62. The lowest BCUT2D eigenvalue weighted by Crippen LogP contribution is -2.28. The summed E-state index contributed by atoms with van der Waals surface area (Å²) in [5.74, 6) is 2.19. The van der Waals surface area contributed by atoms with E-state index in [-0.39, 0.29) is 35.1 Å². The van der Waals surface area contributed by atoms with Crippen molar-refractivity contribution in [2.75, 3.05) is 30.5 Å². The summed E-state index contributed by atoms with van der Waals surface area (Å²) in [4.78, 5) is -0.0764. The minimum atomic E-state index is -3.81. The first-order valence-electron chi connectivity index (χ1n) is 11.8. The van der Waals surface area contributed by atoms with Crippen LogP contribution < -0.4 is 20.1 Å². The molecular weight excluding hydrogens is 502 g/mol. The van der Waals surface area contributed by atoms with Crippen LogP contribution in [0.15, 0.2) is 35.2 Å². The number of sulfonamides is 1. The van der Waals surface area contributed by atoms with Gasteiger partial charge in [0.05, 0.1) is 23.5 Å². The second-order valence-corrected chi connectivity index (χ2v) is 11.7. The summed E-state index contributed by atoms with van der Waals surface area (Å²) in [6, 6.07) is 9.05. The minimum Gasteiger partial charge on any atom is -0.504 e. The zero-order valence-electron chi connectivity index (χ0n) is 20.3. The van der Waals surface area contributed by atoms with Gasteiger partial charge in [-0.25, -0.2) is 8.42 Å². The van der Waals surface area contributed by atoms with E-state index in [9.17, 15) is 13.5 Å². The molecule has 1 saturated heterocycles. The van der Waals surface area contributed by atoms with Gasteiger partial charge in [0, 0.05) is 13.1 Å². The second-order valence-electron chi connectivity index (χ2n) is 9.28. The Bertz CT molecular complexity index is 1370. The van der Waals surface area contributed by atoms with Crippen molar-refractivity contribution in [2.24, 2.45) is 5.92 Å². The van der Waals surface area contributed by atoms with E-state index in [0.717, 1.165) is 30.1 Å². The number of nitrogens with one attached hydrogen (secondary N) is 2. The molecule has 2 aliphatic rings. The Morgan fingerprint density at radius 2 is 1.78 bits per heavy atom. The number of fused-ring (bicyclic) bond motifs is 1. The highest BCUT2D eigenvalue weighted by Crippen LogP contribution is 2.40. The third-order valence-corrected chi connectivity index (χ3v) is 9.05. The number of nitrogens with zero attached hydrogens (tertiary/aromatic N) is 3. The van der Waals surface area contributed by atoms with Crippen molar-refractivity contribution in [3.05, 3.63) is 41.5 Å².